The number of benzene rings is 2. The van der Waals surface area contributed by atoms with Gasteiger partial charge in [0.15, 0.2) is 6.10 Å². The van der Waals surface area contributed by atoms with E-state index in [4.69, 9.17) is 15.2 Å². The first kappa shape index (κ1) is 14.6. The summed E-state index contributed by atoms with van der Waals surface area (Å²) in [6.07, 6.45) is -0.782. The molecule has 0 bridgehead atoms. The van der Waals surface area contributed by atoms with Gasteiger partial charge in [-0.25, -0.2) is 5.48 Å². The Balaban J connectivity index is 2.11. The molecule has 0 saturated heterocycles. The Bertz CT molecular complexity index is 657. The lowest BCUT2D eigenvalue weighted by Gasteiger charge is -2.12. The molecule has 5 nitrogen and oxygen atoms in total. The van der Waals surface area contributed by atoms with E-state index in [2.05, 4.69) is 6.07 Å². The molecule has 0 spiro atoms. The van der Waals surface area contributed by atoms with E-state index in [0.717, 1.165) is 11.1 Å². The Morgan fingerprint density at radius 3 is 2.14 bits per heavy atom. The van der Waals surface area contributed by atoms with Crippen LogP contribution in [-0.2, 0) is 4.79 Å². The van der Waals surface area contributed by atoms with Gasteiger partial charge in [0.25, 0.3) is 5.91 Å². The molecule has 2 N–H and O–H groups in total. The summed E-state index contributed by atoms with van der Waals surface area (Å²) in [4.78, 5) is 11.2. The Morgan fingerprint density at radius 1 is 1.14 bits per heavy atom. The lowest BCUT2D eigenvalue weighted by atomic mass is 10.0. The fraction of sp³-hybridized carbons (Fsp3) is 0.125. The van der Waals surface area contributed by atoms with Crippen molar-refractivity contribution in [2.24, 2.45) is 0 Å². The van der Waals surface area contributed by atoms with E-state index >= 15 is 0 Å². The van der Waals surface area contributed by atoms with Gasteiger partial charge < -0.3 is 4.74 Å². The summed E-state index contributed by atoms with van der Waals surface area (Å²) in [5.74, 6) is -0.0744. The Kier molecular flexibility index (Phi) is 4.54. The molecule has 0 aliphatic carbocycles. The van der Waals surface area contributed by atoms with Crippen molar-refractivity contribution in [3.63, 3.8) is 0 Å². The molecular formula is C16H14N2O3. The highest BCUT2D eigenvalue weighted by molar-refractivity contribution is 5.79. The van der Waals surface area contributed by atoms with Gasteiger partial charge in [-0.1, -0.05) is 24.3 Å². The van der Waals surface area contributed by atoms with Crippen molar-refractivity contribution >= 4 is 5.91 Å². The quantitative estimate of drug-likeness (QED) is 0.666. The predicted octanol–water partition coefficient (Wildman–Crippen LogP) is 2.50. The van der Waals surface area contributed by atoms with E-state index in [0.29, 0.717) is 11.3 Å². The zero-order valence-electron chi connectivity index (χ0n) is 11.4. The number of carbonyl (C=O) groups is 1. The highest BCUT2D eigenvalue weighted by Gasteiger charge is 2.13. The lowest BCUT2D eigenvalue weighted by molar-refractivity contribution is -0.135. The van der Waals surface area contributed by atoms with Crippen LogP contribution >= 0.6 is 0 Å². The van der Waals surface area contributed by atoms with Crippen molar-refractivity contribution in [1.82, 2.24) is 5.48 Å². The van der Waals surface area contributed by atoms with Gasteiger partial charge in [0.2, 0.25) is 0 Å². The number of hydroxylamine groups is 1. The number of nitrogens with zero attached hydrogens (tertiary/aromatic N) is 1. The maximum atomic E-state index is 11.2. The SMILES string of the molecule is CC(Oc1ccc(-c2ccc(C#N)cc2)cc1)C(=O)NO. The molecule has 2 aromatic rings. The number of hydrogen-bond acceptors (Lipinski definition) is 4. The molecule has 0 aliphatic rings. The molecule has 1 atom stereocenters. The molecule has 0 heterocycles. The number of carbonyl (C=O) groups excluding carboxylic acids is 1. The average Bonchev–Trinajstić information content (AvgIpc) is 2.55. The first-order chi connectivity index (χ1) is 10.1. The van der Waals surface area contributed by atoms with E-state index < -0.39 is 12.0 Å². The highest BCUT2D eigenvalue weighted by Crippen LogP contribution is 2.23. The third kappa shape index (κ3) is 3.59. The van der Waals surface area contributed by atoms with Crippen LogP contribution in [0.1, 0.15) is 12.5 Å². The summed E-state index contributed by atoms with van der Waals surface area (Å²) in [5, 5.41) is 17.3. The topological polar surface area (TPSA) is 82.3 Å². The van der Waals surface area contributed by atoms with Gasteiger partial charge in [-0.2, -0.15) is 5.26 Å². The van der Waals surface area contributed by atoms with Crippen LogP contribution in [0.15, 0.2) is 48.5 Å². The minimum Gasteiger partial charge on any atom is -0.481 e. The summed E-state index contributed by atoms with van der Waals surface area (Å²) in [6, 6.07) is 16.5. The molecule has 0 aromatic heterocycles. The van der Waals surface area contributed by atoms with Crippen LogP contribution in [0.5, 0.6) is 5.75 Å². The third-order valence-electron chi connectivity index (χ3n) is 2.99. The van der Waals surface area contributed by atoms with Crippen molar-refractivity contribution in [3.05, 3.63) is 54.1 Å². The molecule has 1 unspecified atom stereocenters. The number of nitrogens with one attached hydrogen (secondary N) is 1. The summed E-state index contributed by atoms with van der Waals surface area (Å²) >= 11 is 0. The van der Waals surface area contributed by atoms with Crippen LogP contribution in [0.3, 0.4) is 0 Å². The standard InChI is InChI=1S/C16H14N2O3/c1-11(16(19)18-20)21-15-8-6-14(7-9-15)13-4-2-12(10-17)3-5-13/h2-9,11,20H,1H3,(H,18,19). The van der Waals surface area contributed by atoms with Gasteiger partial charge in [0.05, 0.1) is 11.6 Å². The molecule has 0 radical (unpaired) electrons. The summed E-state index contributed by atoms with van der Waals surface area (Å²) in [7, 11) is 0. The fourth-order valence-electron chi connectivity index (χ4n) is 1.81. The molecule has 0 aliphatic heterocycles. The number of ether oxygens (including phenoxy) is 1. The minimum absolute atomic E-state index is 0.531. The van der Waals surface area contributed by atoms with Crippen molar-refractivity contribution in [2.75, 3.05) is 0 Å². The second-order valence-electron chi connectivity index (χ2n) is 4.45. The van der Waals surface area contributed by atoms with Crippen LogP contribution in [0.25, 0.3) is 11.1 Å². The second-order valence-corrected chi connectivity index (χ2v) is 4.45. The molecule has 106 valence electrons. The average molecular weight is 282 g/mol. The molecule has 0 fully saturated rings. The maximum absolute atomic E-state index is 11.2. The van der Waals surface area contributed by atoms with Crippen LogP contribution < -0.4 is 10.2 Å². The second kappa shape index (κ2) is 6.55. The van der Waals surface area contributed by atoms with Gasteiger partial charge in [-0.3, -0.25) is 10.0 Å². The normalized spacial score (nSPS) is 11.3. The van der Waals surface area contributed by atoms with Crippen LogP contribution in [0.4, 0.5) is 0 Å². The molecule has 0 saturated carbocycles. The Labute approximate surface area is 122 Å². The van der Waals surface area contributed by atoms with Gasteiger partial charge >= 0.3 is 0 Å². The van der Waals surface area contributed by atoms with Gasteiger partial charge in [0, 0.05) is 0 Å². The van der Waals surface area contributed by atoms with E-state index in [-0.39, 0.29) is 0 Å². The van der Waals surface area contributed by atoms with Gasteiger partial charge in [-0.05, 0) is 42.3 Å². The summed E-state index contributed by atoms with van der Waals surface area (Å²) in [6.45, 7) is 1.54. The number of amides is 1. The van der Waals surface area contributed by atoms with Crippen LogP contribution in [-0.4, -0.2) is 17.2 Å². The number of nitriles is 1. The molecular weight excluding hydrogens is 268 g/mol. The van der Waals surface area contributed by atoms with Crippen LogP contribution in [0, 0.1) is 11.3 Å². The molecule has 21 heavy (non-hydrogen) atoms. The van der Waals surface area contributed by atoms with Gasteiger partial charge in [0.1, 0.15) is 5.75 Å². The van der Waals surface area contributed by atoms with E-state index in [1.54, 1.807) is 36.7 Å². The van der Waals surface area contributed by atoms with Crippen molar-refractivity contribution in [1.29, 1.82) is 5.26 Å². The Morgan fingerprint density at radius 2 is 1.67 bits per heavy atom. The van der Waals surface area contributed by atoms with Gasteiger partial charge in [-0.15, -0.1) is 0 Å². The van der Waals surface area contributed by atoms with E-state index in [9.17, 15) is 4.79 Å². The Hall–Kier alpha value is -2.84. The fourth-order valence-corrected chi connectivity index (χ4v) is 1.81. The number of rotatable bonds is 4. The number of hydrogen-bond donors (Lipinski definition) is 2. The van der Waals surface area contributed by atoms with Crippen molar-refractivity contribution < 1.29 is 14.7 Å². The summed E-state index contributed by atoms with van der Waals surface area (Å²) in [5.41, 5.74) is 4.12. The molecule has 5 heteroatoms. The first-order valence-corrected chi connectivity index (χ1v) is 6.35. The molecule has 1 amide bonds. The van der Waals surface area contributed by atoms with E-state index in [1.807, 2.05) is 24.3 Å². The molecule has 2 aromatic carbocycles. The van der Waals surface area contributed by atoms with Crippen molar-refractivity contribution in [2.45, 2.75) is 13.0 Å². The third-order valence-corrected chi connectivity index (χ3v) is 2.99. The predicted molar refractivity (Wildman–Crippen MR) is 76.6 cm³/mol. The van der Waals surface area contributed by atoms with Crippen LogP contribution in [0.2, 0.25) is 0 Å². The van der Waals surface area contributed by atoms with E-state index in [1.165, 1.54) is 0 Å². The maximum Gasteiger partial charge on any atom is 0.284 e. The highest BCUT2D eigenvalue weighted by atomic mass is 16.5. The zero-order valence-corrected chi connectivity index (χ0v) is 11.4. The summed E-state index contributed by atoms with van der Waals surface area (Å²) < 4.78 is 5.38. The first-order valence-electron chi connectivity index (χ1n) is 6.35. The monoisotopic (exact) mass is 282 g/mol. The lowest BCUT2D eigenvalue weighted by Crippen LogP contribution is -2.34. The smallest absolute Gasteiger partial charge is 0.284 e. The minimum atomic E-state index is -0.782. The van der Waals surface area contributed by atoms with Crippen molar-refractivity contribution in [3.8, 4) is 22.9 Å². The largest absolute Gasteiger partial charge is 0.481 e. The molecule has 2 rings (SSSR count). The zero-order chi connectivity index (χ0) is 15.2.